The number of piperidine rings is 1. The highest BCUT2D eigenvalue weighted by molar-refractivity contribution is 7.92. The Kier molecular flexibility index (Phi) is 11.0. The molecule has 1 amide bonds. The smallest absolute Gasteiger partial charge is 0.404 e. The van der Waals surface area contributed by atoms with Crippen LogP contribution in [0.4, 0.5) is 16.3 Å². The highest BCUT2D eigenvalue weighted by Crippen LogP contribution is 2.33. The van der Waals surface area contributed by atoms with E-state index in [2.05, 4.69) is 65.1 Å². The molecule has 6 rings (SSSR count). The van der Waals surface area contributed by atoms with E-state index >= 15 is 0 Å². The van der Waals surface area contributed by atoms with E-state index in [9.17, 15) is 13.2 Å². The van der Waals surface area contributed by atoms with E-state index in [1.165, 1.54) is 6.20 Å². The van der Waals surface area contributed by atoms with Crippen LogP contribution >= 0.6 is 0 Å². The Hall–Kier alpha value is -4.09. The number of nitrogens with zero attached hydrogens (tertiary/aromatic N) is 6. The molecule has 1 atom stereocenters. The average Bonchev–Trinajstić information content (AvgIpc) is 3.45. The predicted octanol–water partition coefficient (Wildman–Crippen LogP) is 4.68. The number of carboxylic acid groups (broad SMARTS) is 1. The summed E-state index contributed by atoms with van der Waals surface area (Å²) in [5, 5.41) is 12.5. The third-order valence-electron chi connectivity index (χ3n) is 8.94. The molecule has 0 saturated carbocycles. The van der Waals surface area contributed by atoms with Crippen molar-refractivity contribution in [3.63, 3.8) is 0 Å². The van der Waals surface area contributed by atoms with Gasteiger partial charge in [0.1, 0.15) is 24.5 Å². The Balaban J connectivity index is 1.20. The van der Waals surface area contributed by atoms with E-state index in [-0.39, 0.29) is 11.1 Å². The van der Waals surface area contributed by atoms with Crippen molar-refractivity contribution in [2.24, 2.45) is 0 Å². The number of fused-ring (bicyclic) bond motifs is 1. The summed E-state index contributed by atoms with van der Waals surface area (Å²) in [7, 11) is -5.26. The molecule has 0 radical (unpaired) electrons. The lowest BCUT2D eigenvalue weighted by atomic mass is 10.1. The second-order valence-corrected chi connectivity index (χ2v) is 21.3. The van der Waals surface area contributed by atoms with Gasteiger partial charge in [0.15, 0.2) is 5.03 Å². The highest BCUT2D eigenvalue weighted by atomic mass is 32.2. The first-order valence-corrected chi connectivity index (χ1v) is 22.2. The van der Waals surface area contributed by atoms with E-state index in [0.29, 0.717) is 45.3 Å². The molecule has 2 fully saturated rings. The predicted molar refractivity (Wildman–Crippen MR) is 195 cm³/mol. The maximum atomic E-state index is 13.4. The quantitative estimate of drug-likeness (QED) is 0.130. The molecular formula is C34H46N8O6SSi. The molecule has 5 heterocycles. The van der Waals surface area contributed by atoms with Gasteiger partial charge in [0, 0.05) is 58.8 Å². The molecule has 2 saturated heterocycles. The van der Waals surface area contributed by atoms with Gasteiger partial charge in [0.2, 0.25) is 0 Å². The van der Waals surface area contributed by atoms with Gasteiger partial charge in [-0.3, -0.25) is 9.62 Å². The van der Waals surface area contributed by atoms with Gasteiger partial charge in [-0.2, -0.15) is 8.42 Å². The van der Waals surface area contributed by atoms with Crippen molar-refractivity contribution in [3.8, 4) is 11.3 Å². The van der Waals surface area contributed by atoms with Crippen LogP contribution in [0.5, 0.6) is 0 Å². The number of ether oxygens (including phenoxy) is 2. The van der Waals surface area contributed by atoms with E-state index in [4.69, 9.17) is 14.6 Å². The van der Waals surface area contributed by atoms with Gasteiger partial charge < -0.3 is 29.4 Å². The summed E-state index contributed by atoms with van der Waals surface area (Å²) in [5.74, 6) is 0.858. The van der Waals surface area contributed by atoms with E-state index in [0.717, 1.165) is 72.2 Å². The first-order chi connectivity index (χ1) is 23.9. The minimum atomic E-state index is -3.98. The summed E-state index contributed by atoms with van der Waals surface area (Å²) in [4.78, 5) is 28.9. The number of pyridine rings is 1. The number of rotatable bonds is 13. The van der Waals surface area contributed by atoms with Crippen molar-refractivity contribution in [3.05, 3.63) is 60.6 Å². The van der Waals surface area contributed by atoms with Gasteiger partial charge in [0.05, 0.1) is 24.3 Å². The van der Waals surface area contributed by atoms with Gasteiger partial charge in [0.25, 0.3) is 10.0 Å². The first kappa shape index (κ1) is 35.7. The van der Waals surface area contributed by atoms with Crippen LogP contribution in [0.15, 0.2) is 60.0 Å². The summed E-state index contributed by atoms with van der Waals surface area (Å²) in [6.45, 7) is 12.6. The van der Waals surface area contributed by atoms with Crippen molar-refractivity contribution in [2.45, 2.75) is 62.9 Å². The molecular weight excluding hydrogens is 677 g/mol. The lowest BCUT2D eigenvalue weighted by Gasteiger charge is -2.32. The molecule has 0 spiro atoms. The maximum Gasteiger partial charge on any atom is 0.404 e. The zero-order chi connectivity index (χ0) is 35.3. The van der Waals surface area contributed by atoms with E-state index in [1.807, 2.05) is 12.1 Å². The number of hydrogen-bond donors (Lipinski definition) is 3. The molecule has 0 bridgehead atoms. The number of aromatic nitrogens is 4. The van der Waals surface area contributed by atoms with Crippen LogP contribution in [0.2, 0.25) is 25.7 Å². The summed E-state index contributed by atoms with van der Waals surface area (Å²) in [6, 6.07) is 13.6. The average molecular weight is 723 g/mol. The van der Waals surface area contributed by atoms with Crippen LogP contribution in [0.1, 0.15) is 18.4 Å². The number of likely N-dealkylation sites (tertiary alicyclic amines) is 1. The van der Waals surface area contributed by atoms with Crippen LogP contribution in [0, 0.1) is 0 Å². The van der Waals surface area contributed by atoms with Crippen molar-refractivity contribution in [1.82, 2.24) is 29.7 Å². The number of sulfonamides is 1. The fourth-order valence-electron chi connectivity index (χ4n) is 6.34. The molecule has 14 nitrogen and oxygen atoms in total. The molecule has 3 aromatic heterocycles. The molecule has 1 aromatic carbocycles. The summed E-state index contributed by atoms with van der Waals surface area (Å²) in [5.41, 5.74) is 3.74. The lowest BCUT2D eigenvalue weighted by molar-refractivity contribution is 0.0909. The molecule has 0 aliphatic carbocycles. The topological polar surface area (TPSA) is 164 Å². The number of nitrogens with one attached hydrogen (secondary N) is 2. The number of carbonyl (C=O) groups is 1. The van der Waals surface area contributed by atoms with Gasteiger partial charge in [-0.15, -0.1) is 0 Å². The summed E-state index contributed by atoms with van der Waals surface area (Å²) >= 11 is 0. The normalized spacial score (nSPS) is 17.6. The molecule has 2 aliphatic rings. The van der Waals surface area contributed by atoms with Gasteiger partial charge >= 0.3 is 6.09 Å². The number of benzene rings is 1. The van der Waals surface area contributed by atoms with Crippen molar-refractivity contribution < 1.29 is 27.8 Å². The zero-order valence-electron chi connectivity index (χ0n) is 28.8. The number of morpholine rings is 1. The molecule has 16 heteroatoms. The van der Waals surface area contributed by atoms with E-state index < -0.39 is 24.2 Å². The van der Waals surface area contributed by atoms with Crippen LogP contribution < -0.4 is 14.9 Å². The highest BCUT2D eigenvalue weighted by Gasteiger charge is 2.24. The molecule has 1 unspecified atom stereocenters. The Morgan fingerprint density at radius 2 is 1.84 bits per heavy atom. The fraction of sp³-hybridized carbons (Fsp3) is 0.471. The second-order valence-electron chi connectivity index (χ2n) is 14.0. The van der Waals surface area contributed by atoms with Crippen LogP contribution in [-0.4, -0.2) is 104 Å². The minimum absolute atomic E-state index is 0.0823. The number of hydrogen-bond acceptors (Lipinski definition) is 10. The SMILES string of the molecule is C[Si](C)(C)CCOCn1c(-c2ccc(NS(=O)(=O)c3cc(CN4CCCC(NC(=O)O)C4)ccn3)cc2)cc2c(N3CCOCC3)ncnc21. The van der Waals surface area contributed by atoms with Crippen molar-refractivity contribution >= 4 is 46.7 Å². The third kappa shape index (κ3) is 8.97. The zero-order valence-corrected chi connectivity index (χ0v) is 30.7. The standard InChI is InChI=1S/C34H46N8O6SSi/c1-50(2,3)18-17-48-24-42-30(20-29-32(36-23-37-33(29)42)41-13-15-47-16-14-41)26-6-8-27(9-7-26)39-49(45,46)31-19-25(10-11-35-31)21-40-12-4-5-28(22-40)38-34(43)44/h6-11,19-20,23,28,38-39H,4-5,12-18,21-22,24H2,1-3H3,(H,43,44). The molecule has 4 aromatic rings. The van der Waals surface area contributed by atoms with Crippen LogP contribution in [0.3, 0.4) is 0 Å². The molecule has 3 N–H and O–H groups in total. The lowest BCUT2D eigenvalue weighted by Crippen LogP contribution is -2.46. The molecule has 2 aliphatic heterocycles. The Morgan fingerprint density at radius 3 is 2.58 bits per heavy atom. The van der Waals surface area contributed by atoms with E-state index in [1.54, 1.807) is 30.6 Å². The monoisotopic (exact) mass is 722 g/mol. The largest absolute Gasteiger partial charge is 0.465 e. The van der Waals surface area contributed by atoms with Gasteiger partial charge in [-0.05, 0) is 66.9 Å². The minimum Gasteiger partial charge on any atom is -0.465 e. The van der Waals surface area contributed by atoms with Gasteiger partial charge in [-0.1, -0.05) is 31.8 Å². The van der Waals surface area contributed by atoms with Crippen LogP contribution in [-0.2, 0) is 32.8 Å². The number of anilines is 2. The molecule has 268 valence electrons. The second kappa shape index (κ2) is 15.4. The molecule has 50 heavy (non-hydrogen) atoms. The first-order valence-electron chi connectivity index (χ1n) is 17.0. The third-order valence-corrected chi connectivity index (χ3v) is 11.9. The Labute approximate surface area is 293 Å². The summed E-state index contributed by atoms with van der Waals surface area (Å²) < 4.78 is 43.4. The van der Waals surface area contributed by atoms with Crippen LogP contribution in [0.25, 0.3) is 22.3 Å². The Morgan fingerprint density at radius 1 is 1.06 bits per heavy atom. The maximum absolute atomic E-state index is 13.4. The van der Waals surface area contributed by atoms with Gasteiger partial charge in [-0.25, -0.2) is 19.7 Å². The fourth-order valence-corrected chi connectivity index (χ4v) is 8.16. The van der Waals surface area contributed by atoms with Crippen molar-refractivity contribution in [1.29, 1.82) is 0 Å². The Bertz CT molecular complexity index is 1890. The van der Waals surface area contributed by atoms with Crippen molar-refractivity contribution in [2.75, 3.05) is 55.6 Å². The number of amides is 1. The summed E-state index contributed by atoms with van der Waals surface area (Å²) in [6.07, 6.45) is 3.68.